The van der Waals surface area contributed by atoms with Crippen LogP contribution >= 0.6 is 0 Å². The monoisotopic (exact) mass is 287 g/mol. The Morgan fingerprint density at radius 1 is 1.43 bits per heavy atom. The smallest absolute Gasteiger partial charge is 0.540 e. The number of carbonyl (C=O) groups is 1. The molecule has 0 aliphatic heterocycles. The van der Waals surface area contributed by atoms with E-state index in [1.54, 1.807) is 0 Å². The number of nitrogens with one attached hydrogen (secondary N) is 1. The van der Waals surface area contributed by atoms with Gasteiger partial charge in [-0.2, -0.15) is 0 Å². The molecule has 0 heterocycles. The second-order valence-corrected chi connectivity index (χ2v) is 4.31. The van der Waals surface area contributed by atoms with Crippen LogP contribution < -0.4 is 5.32 Å². The first-order valence-corrected chi connectivity index (χ1v) is 4.50. The first-order valence-electron chi connectivity index (χ1n) is 4.50. The number of rotatable bonds is 5. The van der Waals surface area contributed by atoms with E-state index in [-0.39, 0.29) is 36.8 Å². The number of hydrogen-bond donors (Lipinski definition) is 1. The van der Waals surface area contributed by atoms with E-state index in [4.69, 9.17) is 0 Å². The van der Waals surface area contributed by atoms with Crippen molar-refractivity contribution in [2.45, 2.75) is 52.1 Å². The Balaban J connectivity index is 0. The second-order valence-electron chi connectivity index (χ2n) is 4.31. The minimum Gasteiger partial charge on any atom is -0.540 e. The Morgan fingerprint density at radius 2 is 1.93 bits per heavy atom. The molecular formula is C10H18NO2Rh+. The quantitative estimate of drug-likeness (QED) is 0.611. The van der Waals surface area contributed by atoms with Crippen molar-refractivity contribution in [1.29, 1.82) is 0 Å². The summed E-state index contributed by atoms with van der Waals surface area (Å²) in [4.78, 5) is 21.2. The molecule has 0 saturated carbocycles. The van der Waals surface area contributed by atoms with Gasteiger partial charge in [-0.3, -0.25) is 0 Å². The van der Waals surface area contributed by atoms with Gasteiger partial charge in [-0.25, -0.2) is 6.29 Å². The number of Topliss-reactive ketones (excluding diaryl/α,β-unsaturated/α-hetero) is 1. The molecule has 0 aromatic carbocycles. The molecule has 0 aliphatic rings. The Kier molecular flexibility index (Phi) is 8.47. The van der Waals surface area contributed by atoms with E-state index in [9.17, 15) is 9.59 Å². The molecule has 1 N–H and O–H groups in total. The summed E-state index contributed by atoms with van der Waals surface area (Å²) in [6, 6.07) is -0.330. The van der Waals surface area contributed by atoms with Crippen molar-refractivity contribution >= 4 is 12.1 Å². The molecule has 1 atom stereocenters. The molecule has 0 amide bonds. The van der Waals surface area contributed by atoms with Gasteiger partial charge in [0.15, 0.2) is 0 Å². The van der Waals surface area contributed by atoms with Gasteiger partial charge >= 0.3 is 19.5 Å². The summed E-state index contributed by atoms with van der Waals surface area (Å²) in [7, 11) is 0. The fourth-order valence-electron chi connectivity index (χ4n) is 1.03. The van der Waals surface area contributed by atoms with Gasteiger partial charge in [0.1, 0.15) is 5.78 Å². The molecule has 4 heteroatoms. The van der Waals surface area contributed by atoms with Crippen molar-refractivity contribution < 1.29 is 29.1 Å². The van der Waals surface area contributed by atoms with Gasteiger partial charge in [0.05, 0.1) is 0 Å². The van der Waals surface area contributed by atoms with Crippen molar-refractivity contribution in [2.24, 2.45) is 0 Å². The maximum Gasteiger partial charge on any atom is 2.00 e. The predicted molar refractivity (Wildman–Crippen MR) is 52.3 cm³/mol. The summed E-state index contributed by atoms with van der Waals surface area (Å²) in [5, 5.41) is 3.09. The van der Waals surface area contributed by atoms with Crippen molar-refractivity contribution in [3.63, 3.8) is 0 Å². The van der Waals surface area contributed by atoms with E-state index in [0.717, 1.165) is 0 Å². The normalized spacial score (nSPS) is 12.9. The fourth-order valence-corrected chi connectivity index (χ4v) is 1.03. The van der Waals surface area contributed by atoms with E-state index in [1.165, 1.54) is 6.92 Å². The summed E-state index contributed by atoms with van der Waals surface area (Å²) in [5.41, 5.74) is -0.112. The van der Waals surface area contributed by atoms with Crippen LogP contribution in [-0.4, -0.2) is 23.7 Å². The van der Waals surface area contributed by atoms with Gasteiger partial charge in [-0.05, 0) is 27.7 Å². The molecular weight excluding hydrogens is 269 g/mol. The van der Waals surface area contributed by atoms with Crippen LogP contribution in [0.5, 0.6) is 0 Å². The third-order valence-corrected chi connectivity index (χ3v) is 1.53. The van der Waals surface area contributed by atoms with Gasteiger partial charge < -0.3 is 14.9 Å². The molecule has 0 aromatic heterocycles. The zero-order chi connectivity index (χ0) is 10.5. The van der Waals surface area contributed by atoms with Crippen LogP contribution in [0.3, 0.4) is 0 Å². The summed E-state index contributed by atoms with van der Waals surface area (Å²) in [5.74, 6) is 0.107. The second kappa shape index (κ2) is 7.25. The number of ketones is 1. The predicted octanol–water partition coefficient (Wildman–Crippen LogP) is 1.22. The van der Waals surface area contributed by atoms with E-state index >= 15 is 0 Å². The first-order chi connectivity index (χ1) is 5.85. The molecule has 0 bridgehead atoms. The van der Waals surface area contributed by atoms with Gasteiger partial charge in [0, 0.05) is 12.0 Å². The minimum atomic E-state index is -0.330. The topological polar surface area (TPSA) is 46.2 Å². The zero-order valence-corrected chi connectivity index (χ0v) is 10.8. The van der Waals surface area contributed by atoms with Crippen LogP contribution in [0.1, 0.15) is 40.5 Å². The van der Waals surface area contributed by atoms with Crippen LogP contribution in [0, 0.1) is 0 Å². The van der Waals surface area contributed by atoms with E-state index < -0.39 is 0 Å². The SMILES string of the molecule is CC(=O)CCC([C-]=O)NC(C)(C)C.[Rh+2]. The Bertz CT molecular complexity index is 187. The van der Waals surface area contributed by atoms with Crippen LogP contribution in [0.4, 0.5) is 0 Å². The van der Waals surface area contributed by atoms with Gasteiger partial charge in [0.2, 0.25) is 0 Å². The molecule has 3 nitrogen and oxygen atoms in total. The maximum absolute atomic E-state index is 10.7. The van der Waals surface area contributed by atoms with Crippen molar-refractivity contribution in [1.82, 2.24) is 5.32 Å². The average Bonchev–Trinajstić information content (AvgIpc) is 1.95. The number of hydrogen-bond acceptors (Lipinski definition) is 3. The van der Waals surface area contributed by atoms with Crippen LogP contribution in [0.25, 0.3) is 0 Å². The maximum atomic E-state index is 10.7. The molecule has 0 fully saturated rings. The first kappa shape index (κ1) is 16.4. The standard InChI is InChI=1S/C10H18NO2.Rh/c1-8(13)5-6-9(7-12)11-10(2,3)4;/h9,11H,5-6H2,1-4H3;/q-1;+2. The molecule has 0 saturated heterocycles. The molecule has 83 valence electrons. The average molecular weight is 287 g/mol. The van der Waals surface area contributed by atoms with E-state index in [0.29, 0.717) is 12.8 Å². The van der Waals surface area contributed by atoms with Crippen molar-refractivity contribution in [3.05, 3.63) is 0 Å². The fraction of sp³-hybridized carbons (Fsp3) is 0.800. The van der Waals surface area contributed by atoms with Crippen LogP contribution in [-0.2, 0) is 29.1 Å². The molecule has 14 heavy (non-hydrogen) atoms. The van der Waals surface area contributed by atoms with E-state index in [1.807, 2.05) is 27.1 Å². The molecule has 0 aliphatic carbocycles. The van der Waals surface area contributed by atoms with Crippen molar-refractivity contribution in [3.8, 4) is 0 Å². The van der Waals surface area contributed by atoms with Crippen molar-refractivity contribution in [2.75, 3.05) is 0 Å². The number of carbonyl (C=O) groups excluding carboxylic acids is 2. The molecule has 1 unspecified atom stereocenters. The van der Waals surface area contributed by atoms with Gasteiger partial charge in [-0.15, -0.1) is 0 Å². The van der Waals surface area contributed by atoms with Gasteiger partial charge in [-0.1, -0.05) is 12.5 Å². The molecule has 0 rings (SSSR count). The van der Waals surface area contributed by atoms with Gasteiger partial charge in [0.25, 0.3) is 0 Å². The third kappa shape index (κ3) is 10.0. The molecule has 0 aromatic rings. The molecule has 0 spiro atoms. The van der Waals surface area contributed by atoms with E-state index in [2.05, 4.69) is 5.32 Å². The summed E-state index contributed by atoms with van der Waals surface area (Å²) >= 11 is 0. The summed E-state index contributed by atoms with van der Waals surface area (Å²) in [6.45, 7) is 7.46. The van der Waals surface area contributed by atoms with Crippen LogP contribution in [0.2, 0.25) is 0 Å². The Morgan fingerprint density at radius 3 is 2.21 bits per heavy atom. The summed E-state index contributed by atoms with van der Waals surface area (Å²) in [6.07, 6.45) is 2.87. The third-order valence-electron chi connectivity index (χ3n) is 1.53. The summed E-state index contributed by atoms with van der Waals surface area (Å²) < 4.78 is 0. The van der Waals surface area contributed by atoms with Crippen LogP contribution in [0.15, 0.2) is 0 Å². The Labute approximate surface area is 98.8 Å². The Hall–Kier alpha value is -0.0766. The molecule has 1 radical (unpaired) electrons. The minimum absolute atomic E-state index is 0. The largest absolute Gasteiger partial charge is 2.00 e. The zero-order valence-electron chi connectivity index (χ0n) is 9.14.